The largest absolute Gasteiger partial charge is 0.495 e. The molecule has 0 unspecified atom stereocenters. The van der Waals surface area contributed by atoms with Gasteiger partial charge in [-0.3, -0.25) is 9.78 Å². The quantitative estimate of drug-likeness (QED) is 0.847. The highest BCUT2D eigenvalue weighted by molar-refractivity contribution is 7.80. The summed E-state index contributed by atoms with van der Waals surface area (Å²) >= 11 is 5.01. The van der Waals surface area contributed by atoms with E-state index in [1.807, 2.05) is 6.92 Å². The molecule has 21 heavy (non-hydrogen) atoms. The van der Waals surface area contributed by atoms with Crippen molar-refractivity contribution < 1.29 is 9.53 Å². The molecule has 108 valence electrons. The van der Waals surface area contributed by atoms with Gasteiger partial charge in [0.1, 0.15) is 10.7 Å². The molecule has 6 heteroatoms. The van der Waals surface area contributed by atoms with Crippen molar-refractivity contribution in [2.45, 2.75) is 6.92 Å². The maximum Gasteiger partial charge on any atom is 0.257 e. The van der Waals surface area contributed by atoms with Gasteiger partial charge in [0, 0.05) is 18.0 Å². The van der Waals surface area contributed by atoms with Crippen LogP contribution in [0.1, 0.15) is 21.5 Å². The summed E-state index contributed by atoms with van der Waals surface area (Å²) in [5, 5.41) is 2.78. The SMILES string of the molecule is COc1cccc(C(N)=S)c1NC(=O)c1cncc(C)c1. The topological polar surface area (TPSA) is 77.2 Å². The van der Waals surface area contributed by atoms with Crippen LogP contribution in [0.15, 0.2) is 36.7 Å². The van der Waals surface area contributed by atoms with Gasteiger partial charge in [0.05, 0.1) is 18.4 Å². The minimum atomic E-state index is -0.298. The van der Waals surface area contributed by atoms with Crippen LogP contribution in [0.4, 0.5) is 5.69 Å². The van der Waals surface area contributed by atoms with Gasteiger partial charge in [0.2, 0.25) is 0 Å². The van der Waals surface area contributed by atoms with Crippen molar-refractivity contribution in [2.75, 3.05) is 12.4 Å². The summed E-state index contributed by atoms with van der Waals surface area (Å²) in [7, 11) is 1.52. The van der Waals surface area contributed by atoms with E-state index in [1.165, 1.54) is 13.3 Å². The third-order valence-electron chi connectivity index (χ3n) is 2.89. The lowest BCUT2D eigenvalue weighted by atomic mass is 10.1. The molecule has 0 aliphatic heterocycles. The lowest BCUT2D eigenvalue weighted by Gasteiger charge is -2.14. The zero-order valence-electron chi connectivity index (χ0n) is 11.7. The molecule has 0 spiro atoms. The summed E-state index contributed by atoms with van der Waals surface area (Å²) in [5.74, 6) is 0.197. The van der Waals surface area contributed by atoms with Crippen molar-refractivity contribution in [1.29, 1.82) is 0 Å². The predicted molar refractivity (Wildman–Crippen MR) is 85.8 cm³/mol. The van der Waals surface area contributed by atoms with Gasteiger partial charge in [-0.15, -0.1) is 0 Å². The number of ether oxygens (including phenoxy) is 1. The van der Waals surface area contributed by atoms with Crippen molar-refractivity contribution in [3.63, 3.8) is 0 Å². The predicted octanol–water partition coefficient (Wildman–Crippen LogP) is 2.29. The van der Waals surface area contributed by atoms with Crippen molar-refractivity contribution in [3.8, 4) is 5.75 Å². The molecule has 1 aromatic heterocycles. The van der Waals surface area contributed by atoms with E-state index >= 15 is 0 Å². The Morgan fingerprint density at radius 2 is 2.14 bits per heavy atom. The highest BCUT2D eigenvalue weighted by Crippen LogP contribution is 2.28. The van der Waals surface area contributed by atoms with Gasteiger partial charge < -0.3 is 15.8 Å². The molecular formula is C15H15N3O2S. The van der Waals surface area contributed by atoms with Gasteiger partial charge >= 0.3 is 0 Å². The number of para-hydroxylation sites is 1. The maximum absolute atomic E-state index is 12.3. The summed E-state index contributed by atoms with van der Waals surface area (Å²) in [4.78, 5) is 16.5. The molecule has 5 nitrogen and oxygen atoms in total. The van der Waals surface area contributed by atoms with E-state index in [9.17, 15) is 4.79 Å². The molecule has 0 saturated heterocycles. The van der Waals surface area contributed by atoms with Gasteiger partial charge in [-0.25, -0.2) is 0 Å². The van der Waals surface area contributed by atoms with Gasteiger partial charge in [-0.05, 0) is 30.7 Å². The summed E-state index contributed by atoms with van der Waals surface area (Å²) in [6, 6.07) is 6.97. The molecule has 0 aliphatic carbocycles. The molecule has 1 heterocycles. The first kappa shape index (κ1) is 14.9. The first-order valence-corrected chi connectivity index (χ1v) is 6.63. The number of nitrogens with one attached hydrogen (secondary N) is 1. The van der Waals surface area contributed by atoms with Gasteiger partial charge in [0.15, 0.2) is 0 Å². The number of pyridine rings is 1. The molecule has 3 N–H and O–H groups in total. The number of aromatic nitrogens is 1. The van der Waals surface area contributed by atoms with Crippen LogP contribution >= 0.6 is 12.2 Å². The zero-order valence-corrected chi connectivity index (χ0v) is 12.5. The Bertz CT molecular complexity index is 701. The number of methoxy groups -OCH3 is 1. The third kappa shape index (κ3) is 3.35. The first-order valence-electron chi connectivity index (χ1n) is 6.22. The summed E-state index contributed by atoms with van der Waals surface area (Å²) in [6.07, 6.45) is 3.18. The number of thiocarbonyl (C=S) groups is 1. The Balaban J connectivity index is 2.39. The van der Waals surface area contributed by atoms with Crippen molar-refractivity contribution in [1.82, 2.24) is 4.98 Å². The van der Waals surface area contributed by atoms with E-state index in [-0.39, 0.29) is 10.9 Å². The molecule has 2 rings (SSSR count). The Kier molecular flexibility index (Phi) is 4.49. The van der Waals surface area contributed by atoms with Crippen LogP contribution in [0.2, 0.25) is 0 Å². The van der Waals surface area contributed by atoms with Gasteiger partial charge in [-0.1, -0.05) is 18.3 Å². The second kappa shape index (κ2) is 6.32. The molecule has 1 aromatic carbocycles. The van der Waals surface area contributed by atoms with Crippen LogP contribution in [-0.2, 0) is 0 Å². The fourth-order valence-electron chi connectivity index (χ4n) is 1.90. The van der Waals surface area contributed by atoms with Gasteiger partial charge in [-0.2, -0.15) is 0 Å². The lowest BCUT2D eigenvalue weighted by molar-refractivity contribution is 0.102. The fraction of sp³-hybridized carbons (Fsp3) is 0.133. The number of amides is 1. The van der Waals surface area contributed by atoms with Crippen LogP contribution in [-0.4, -0.2) is 23.0 Å². The highest BCUT2D eigenvalue weighted by atomic mass is 32.1. The molecule has 0 bridgehead atoms. The van der Waals surface area contributed by atoms with Crippen LogP contribution in [0.5, 0.6) is 5.75 Å². The average Bonchev–Trinajstić information content (AvgIpc) is 2.47. The number of hydrogen-bond acceptors (Lipinski definition) is 4. The molecule has 0 atom stereocenters. The van der Waals surface area contributed by atoms with E-state index < -0.39 is 0 Å². The van der Waals surface area contributed by atoms with Crippen molar-refractivity contribution in [2.24, 2.45) is 5.73 Å². The van der Waals surface area contributed by atoms with E-state index in [4.69, 9.17) is 22.7 Å². The van der Waals surface area contributed by atoms with Crippen molar-refractivity contribution >= 4 is 28.8 Å². The minimum absolute atomic E-state index is 0.187. The Morgan fingerprint density at radius 1 is 1.38 bits per heavy atom. The van der Waals surface area contributed by atoms with E-state index in [1.54, 1.807) is 30.5 Å². The molecule has 0 fully saturated rings. The highest BCUT2D eigenvalue weighted by Gasteiger charge is 2.15. The van der Waals surface area contributed by atoms with Crippen LogP contribution < -0.4 is 15.8 Å². The number of carbonyl (C=O) groups is 1. The lowest BCUT2D eigenvalue weighted by Crippen LogP contribution is -2.18. The van der Waals surface area contributed by atoms with Crippen molar-refractivity contribution in [3.05, 3.63) is 53.3 Å². The van der Waals surface area contributed by atoms with Crippen LogP contribution in [0, 0.1) is 6.92 Å². The minimum Gasteiger partial charge on any atom is -0.495 e. The molecular weight excluding hydrogens is 286 g/mol. The molecule has 1 amide bonds. The zero-order chi connectivity index (χ0) is 15.4. The average molecular weight is 301 g/mol. The van der Waals surface area contributed by atoms with E-state index in [0.29, 0.717) is 22.6 Å². The number of nitrogens with zero attached hydrogens (tertiary/aromatic N) is 1. The molecule has 0 aliphatic rings. The fourth-order valence-corrected chi connectivity index (χ4v) is 2.07. The monoisotopic (exact) mass is 301 g/mol. The Hall–Kier alpha value is -2.47. The van der Waals surface area contributed by atoms with E-state index in [2.05, 4.69) is 10.3 Å². The number of aryl methyl sites for hydroxylation is 1. The summed E-state index contributed by atoms with van der Waals surface area (Å²) in [6.45, 7) is 1.87. The second-order valence-corrected chi connectivity index (χ2v) is 4.89. The normalized spacial score (nSPS) is 10.0. The molecule has 0 saturated carbocycles. The molecule has 0 radical (unpaired) electrons. The number of benzene rings is 1. The second-order valence-electron chi connectivity index (χ2n) is 4.45. The van der Waals surface area contributed by atoms with Crippen LogP contribution in [0.3, 0.4) is 0 Å². The summed E-state index contributed by atoms with van der Waals surface area (Å²) in [5.41, 5.74) is 8.05. The van der Waals surface area contributed by atoms with E-state index in [0.717, 1.165) is 5.56 Å². The smallest absolute Gasteiger partial charge is 0.257 e. The third-order valence-corrected chi connectivity index (χ3v) is 3.11. The number of rotatable bonds is 4. The number of nitrogens with two attached hydrogens (primary N) is 1. The maximum atomic E-state index is 12.3. The summed E-state index contributed by atoms with van der Waals surface area (Å²) < 4.78 is 5.25. The standard InChI is InChI=1S/C15H15N3O2S/c1-9-6-10(8-17-7-9)15(19)18-13-11(14(16)21)4-3-5-12(13)20-2/h3-8H,1-2H3,(H2,16,21)(H,18,19). The number of hydrogen-bond donors (Lipinski definition) is 2. The number of anilines is 1. The molecule has 2 aromatic rings. The number of carbonyl (C=O) groups excluding carboxylic acids is 1. The Morgan fingerprint density at radius 3 is 2.76 bits per heavy atom. The van der Waals surface area contributed by atoms with Crippen LogP contribution in [0.25, 0.3) is 0 Å². The van der Waals surface area contributed by atoms with Gasteiger partial charge in [0.25, 0.3) is 5.91 Å². The first-order chi connectivity index (χ1) is 10.0. The Labute approximate surface area is 128 Å².